The lowest BCUT2D eigenvalue weighted by Gasteiger charge is -2.06. The summed E-state index contributed by atoms with van der Waals surface area (Å²) in [6, 6.07) is 6.76. The van der Waals surface area contributed by atoms with Crippen molar-refractivity contribution in [2.45, 2.75) is 26.3 Å². The highest BCUT2D eigenvalue weighted by molar-refractivity contribution is 14.1. The molecule has 1 nitrogen and oxygen atoms in total. The summed E-state index contributed by atoms with van der Waals surface area (Å²) in [7, 11) is 0. The molecule has 0 aromatic heterocycles. The van der Waals surface area contributed by atoms with Gasteiger partial charge in [0.05, 0.1) is 0 Å². The van der Waals surface area contributed by atoms with Crippen LogP contribution >= 0.6 is 22.6 Å². The van der Waals surface area contributed by atoms with Crippen molar-refractivity contribution in [1.82, 2.24) is 0 Å². The van der Waals surface area contributed by atoms with Gasteiger partial charge in [-0.05, 0) is 60.1 Å². The van der Waals surface area contributed by atoms with Crippen LogP contribution < -0.4 is 5.73 Å². The van der Waals surface area contributed by atoms with E-state index < -0.39 is 0 Å². The highest BCUT2D eigenvalue weighted by Crippen LogP contribution is 2.13. The molecule has 0 aliphatic rings. The van der Waals surface area contributed by atoms with Crippen LogP contribution in [0.4, 0.5) is 0 Å². The third-order valence-corrected chi connectivity index (χ3v) is 2.99. The molecule has 12 heavy (non-hydrogen) atoms. The Balaban J connectivity index is 2.82. The Labute approximate surface area is 87.5 Å². The van der Waals surface area contributed by atoms with E-state index >= 15 is 0 Å². The molecule has 0 heterocycles. The molecule has 0 unspecified atom stereocenters. The van der Waals surface area contributed by atoms with Crippen LogP contribution in [0.2, 0.25) is 0 Å². The van der Waals surface area contributed by atoms with Crippen LogP contribution in [0.5, 0.6) is 0 Å². The SMILES string of the molecule is Cc1cc(C[C@H](C)N)ccc1I. The molecule has 0 radical (unpaired) electrons. The summed E-state index contributed by atoms with van der Waals surface area (Å²) < 4.78 is 1.32. The van der Waals surface area contributed by atoms with Crippen LogP contribution in [0.15, 0.2) is 18.2 Å². The van der Waals surface area contributed by atoms with Crippen molar-refractivity contribution >= 4 is 22.6 Å². The number of nitrogens with two attached hydrogens (primary N) is 1. The van der Waals surface area contributed by atoms with Crippen LogP contribution in [0, 0.1) is 10.5 Å². The molecule has 0 bridgehead atoms. The van der Waals surface area contributed by atoms with Crippen molar-refractivity contribution in [3.63, 3.8) is 0 Å². The molecule has 0 spiro atoms. The van der Waals surface area contributed by atoms with Crippen molar-refractivity contribution < 1.29 is 0 Å². The number of benzene rings is 1. The van der Waals surface area contributed by atoms with Crippen LogP contribution in [-0.2, 0) is 6.42 Å². The third-order valence-electron chi connectivity index (χ3n) is 1.78. The lowest BCUT2D eigenvalue weighted by molar-refractivity contribution is 0.737. The Morgan fingerprint density at radius 3 is 2.67 bits per heavy atom. The van der Waals surface area contributed by atoms with Gasteiger partial charge in [0.1, 0.15) is 0 Å². The monoisotopic (exact) mass is 275 g/mol. The number of hydrogen-bond donors (Lipinski definition) is 1. The number of rotatable bonds is 2. The average Bonchev–Trinajstić information content (AvgIpc) is 1.96. The smallest absolute Gasteiger partial charge is 0.0159 e. The first-order valence-corrected chi connectivity index (χ1v) is 5.18. The zero-order valence-corrected chi connectivity index (χ0v) is 9.63. The minimum absolute atomic E-state index is 0.254. The fourth-order valence-corrected chi connectivity index (χ4v) is 1.54. The highest BCUT2D eigenvalue weighted by Gasteiger charge is 1.99. The summed E-state index contributed by atoms with van der Waals surface area (Å²) in [6.45, 7) is 4.17. The van der Waals surface area contributed by atoms with Gasteiger partial charge in [-0.25, -0.2) is 0 Å². The third kappa shape index (κ3) is 2.75. The lowest BCUT2D eigenvalue weighted by atomic mass is 10.1. The van der Waals surface area contributed by atoms with Crippen LogP contribution in [0.1, 0.15) is 18.1 Å². The molecule has 0 saturated heterocycles. The highest BCUT2D eigenvalue weighted by atomic mass is 127. The fraction of sp³-hybridized carbons (Fsp3) is 0.400. The van der Waals surface area contributed by atoms with Crippen molar-refractivity contribution in [2.24, 2.45) is 5.73 Å². The first-order valence-electron chi connectivity index (χ1n) is 4.10. The molecule has 0 saturated carbocycles. The van der Waals surface area contributed by atoms with Crippen LogP contribution in [0.3, 0.4) is 0 Å². The normalized spacial score (nSPS) is 13.0. The first-order chi connectivity index (χ1) is 5.59. The molecular weight excluding hydrogens is 261 g/mol. The zero-order chi connectivity index (χ0) is 9.14. The molecule has 1 atom stereocenters. The average molecular weight is 275 g/mol. The Hall–Kier alpha value is -0.0900. The molecule has 2 N–H and O–H groups in total. The van der Waals surface area contributed by atoms with Gasteiger partial charge in [-0.15, -0.1) is 0 Å². The van der Waals surface area contributed by atoms with E-state index in [-0.39, 0.29) is 6.04 Å². The Bertz CT molecular complexity index is 269. The predicted molar refractivity (Wildman–Crippen MR) is 61.2 cm³/mol. The van der Waals surface area contributed by atoms with Crippen molar-refractivity contribution in [3.8, 4) is 0 Å². The second kappa shape index (κ2) is 4.23. The second-order valence-corrected chi connectivity index (χ2v) is 4.43. The molecule has 2 heteroatoms. The Kier molecular flexibility index (Phi) is 3.53. The fourth-order valence-electron chi connectivity index (χ4n) is 1.21. The van der Waals surface area contributed by atoms with Gasteiger partial charge in [-0.2, -0.15) is 0 Å². The van der Waals surface area contributed by atoms with E-state index in [1.165, 1.54) is 14.7 Å². The molecule has 0 fully saturated rings. The summed E-state index contributed by atoms with van der Waals surface area (Å²) in [6.07, 6.45) is 0.970. The van der Waals surface area contributed by atoms with Gasteiger partial charge in [0.2, 0.25) is 0 Å². The number of hydrogen-bond acceptors (Lipinski definition) is 1. The Morgan fingerprint density at radius 2 is 2.17 bits per heavy atom. The van der Waals surface area contributed by atoms with E-state index in [9.17, 15) is 0 Å². The van der Waals surface area contributed by atoms with Crippen LogP contribution in [0.25, 0.3) is 0 Å². The Morgan fingerprint density at radius 1 is 1.50 bits per heavy atom. The molecule has 0 aliphatic heterocycles. The largest absolute Gasteiger partial charge is 0.328 e. The molecule has 0 amide bonds. The molecule has 1 aromatic rings. The van der Waals surface area contributed by atoms with E-state index in [1.807, 2.05) is 6.92 Å². The number of halogens is 1. The van der Waals surface area contributed by atoms with E-state index in [1.54, 1.807) is 0 Å². The maximum atomic E-state index is 5.71. The van der Waals surface area contributed by atoms with E-state index in [0.29, 0.717) is 0 Å². The first kappa shape index (κ1) is 9.99. The number of aryl methyl sites for hydroxylation is 1. The van der Waals surface area contributed by atoms with Gasteiger partial charge in [0.25, 0.3) is 0 Å². The maximum Gasteiger partial charge on any atom is 0.0159 e. The van der Waals surface area contributed by atoms with Crippen molar-refractivity contribution in [1.29, 1.82) is 0 Å². The maximum absolute atomic E-state index is 5.71. The molecule has 0 aliphatic carbocycles. The summed E-state index contributed by atoms with van der Waals surface area (Å²) in [4.78, 5) is 0. The topological polar surface area (TPSA) is 26.0 Å². The summed E-state index contributed by atoms with van der Waals surface area (Å²) in [5.41, 5.74) is 8.39. The molecular formula is C10H14IN. The quantitative estimate of drug-likeness (QED) is 0.824. The van der Waals surface area contributed by atoms with Gasteiger partial charge >= 0.3 is 0 Å². The predicted octanol–water partition coefficient (Wildman–Crippen LogP) is 2.49. The summed E-state index contributed by atoms with van der Waals surface area (Å²) >= 11 is 2.34. The lowest BCUT2D eigenvalue weighted by Crippen LogP contribution is -2.17. The minimum Gasteiger partial charge on any atom is -0.328 e. The van der Waals surface area contributed by atoms with Crippen LogP contribution in [-0.4, -0.2) is 6.04 Å². The second-order valence-electron chi connectivity index (χ2n) is 3.26. The zero-order valence-electron chi connectivity index (χ0n) is 7.47. The van der Waals surface area contributed by atoms with Gasteiger partial charge in [0, 0.05) is 9.61 Å². The summed E-state index contributed by atoms with van der Waals surface area (Å²) in [5.74, 6) is 0. The van der Waals surface area contributed by atoms with Crippen molar-refractivity contribution in [2.75, 3.05) is 0 Å². The molecule has 66 valence electrons. The van der Waals surface area contributed by atoms with E-state index in [4.69, 9.17) is 5.73 Å². The van der Waals surface area contributed by atoms with Gasteiger partial charge in [-0.1, -0.05) is 12.1 Å². The standard InChI is InChI=1S/C10H14IN/c1-7-5-9(6-8(2)12)3-4-10(7)11/h3-5,8H,6,12H2,1-2H3/t8-/m0/s1. The van der Waals surface area contributed by atoms with Gasteiger partial charge in [0.15, 0.2) is 0 Å². The van der Waals surface area contributed by atoms with Gasteiger partial charge in [-0.3, -0.25) is 0 Å². The molecule has 1 rings (SSSR count). The van der Waals surface area contributed by atoms with Gasteiger partial charge < -0.3 is 5.73 Å². The molecule has 1 aromatic carbocycles. The van der Waals surface area contributed by atoms with E-state index in [0.717, 1.165) is 6.42 Å². The van der Waals surface area contributed by atoms with Crippen molar-refractivity contribution in [3.05, 3.63) is 32.9 Å². The minimum atomic E-state index is 0.254. The van der Waals surface area contributed by atoms with E-state index in [2.05, 4.69) is 47.7 Å². The summed E-state index contributed by atoms with van der Waals surface area (Å²) in [5, 5.41) is 0.